The van der Waals surface area contributed by atoms with Crippen LogP contribution in [0.2, 0.25) is 0 Å². The minimum Gasteiger partial charge on any atom is -0.379 e. The van der Waals surface area contributed by atoms with Gasteiger partial charge in [-0.1, -0.05) is 15.9 Å². The van der Waals surface area contributed by atoms with Gasteiger partial charge in [-0.05, 0) is 31.4 Å². The first-order chi connectivity index (χ1) is 8.61. The number of methoxy groups -OCH3 is 1. The van der Waals surface area contributed by atoms with Crippen LogP contribution in [-0.2, 0) is 4.74 Å². The van der Waals surface area contributed by atoms with E-state index in [-0.39, 0.29) is 22.8 Å². The highest BCUT2D eigenvalue weighted by molar-refractivity contribution is 9.10. The van der Waals surface area contributed by atoms with Gasteiger partial charge in [0.1, 0.15) is 5.69 Å². The van der Waals surface area contributed by atoms with Crippen molar-refractivity contribution >= 4 is 27.3 Å². The number of nitro groups is 1. The van der Waals surface area contributed by atoms with Gasteiger partial charge in [0.15, 0.2) is 0 Å². The molecule has 5 nitrogen and oxygen atoms in total. The lowest BCUT2D eigenvalue weighted by molar-refractivity contribution is -0.384. The minimum absolute atomic E-state index is 0.0972. The molecule has 2 rings (SSSR count). The third kappa shape index (κ3) is 2.81. The van der Waals surface area contributed by atoms with Crippen LogP contribution in [0.3, 0.4) is 0 Å². The van der Waals surface area contributed by atoms with Crippen LogP contribution >= 0.6 is 15.9 Å². The van der Waals surface area contributed by atoms with E-state index in [1.54, 1.807) is 19.2 Å². The van der Waals surface area contributed by atoms with Crippen molar-refractivity contribution in [2.45, 2.75) is 31.4 Å². The normalized spacial score (nSPS) is 23.0. The lowest BCUT2D eigenvalue weighted by atomic mass is 10.2. The van der Waals surface area contributed by atoms with Crippen LogP contribution in [0.1, 0.15) is 19.3 Å². The summed E-state index contributed by atoms with van der Waals surface area (Å²) in [4.78, 5) is 10.6. The Bertz CT molecular complexity index is 453. The van der Waals surface area contributed by atoms with Crippen molar-refractivity contribution in [3.05, 3.63) is 32.8 Å². The molecule has 2 atom stereocenters. The van der Waals surface area contributed by atoms with Crippen LogP contribution in [0.4, 0.5) is 11.4 Å². The molecule has 0 radical (unpaired) electrons. The molecule has 0 aromatic heterocycles. The second kappa shape index (κ2) is 5.67. The predicted molar refractivity (Wildman–Crippen MR) is 72.9 cm³/mol. The molecule has 2 unspecified atom stereocenters. The maximum atomic E-state index is 11.0. The number of hydrogen-bond acceptors (Lipinski definition) is 4. The summed E-state index contributed by atoms with van der Waals surface area (Å²) in [5, 5.41) is 14.2. The standard InChI is InChI=1S/C12H15BrN2O3/c1-18-12-4-2-3-9(12)14-10-7-8(13)5-6-11(10)15(16)17/h5-7,9,12,14H,2-4H2,1H3. The van der Waals surface area contributed by atoms with Gasteiger partial charge in [0.2, 0.25) is 0 Å². The second-order valence-electron chi connectivity index (χ2n) is 4.37. The lowest BCUT2D eigenvalue weighted by Gasteiger charge is -2.20. The van der Waals surface area contributed by atoms with Crippen LogP contribution in [0.25, 0.3) is 0 Å². The third-order valence-corrected chi connectivity index (χ3v) is 3.74. The van der Waals surface area contributed by atoms with Gasteiger partial charge in [0.05, 0.1) is 17.1 Å². The fourth-order valence-electron chi connectivity index (χ4n) is 2.36. The summed E-state index contributed by atoms with van der Waals surface area (Å²) in [6.45, 7) is 0. The number of nitrogens with zero attached hydrogens (tertiary/aromatic N) is 1. The molecule has 1 aromatic carbocycles. The van der Waals surface area contributed by atoms with E-state index in [4.69, 9.17) is 4.74 Å². The Balaban J connectivity index is 2.22. The molecule has 6 heteroatoms. The second-order valence-corrected chi connectivity index (χ2v) is 5.29. The maximum Gasteiger partial charge on any atom is 0.292 e. The van der Waals surface area contributed by atoms with Gasteiger partial charge in [-0.25, -0.2) is 0 Å². The van der Waals surface area contributed by atoms with E-state index in [0.717, 1.165) is 23.7 Å². The van der Waals surface area contributed by atoms with Crippen molar-refractivity contribution in [1.29, 1.82) is 0 Å². The topological polar surface area (TPSA) is 64.4 Å². The van der Waals surface area contributed by atoms with Gasteiger partial charge in [0, 0.05) is 17.6 Å². The lowest BCUT2D eigenvalue weighted by Crippen LogP contribution is -2.29. The first-order valence-electron chi connectivity index (χ1n) is 5.85. The minimum atomic E-state index is -0.370. The largest absolute Gasteiger partial charge is 0.379 e. The Kier molecular flexibility index (Phi) is 4.19. The summed E-state index contributed by atoms with van der Waals surface area (Å²) in [6.07, 6.45) is 3.18. The summed E-state index contributed by atoms with van der Waals surface area (Å²) in [6, 6.07) is 5.06. The van der Waals surface area contributed by atoms with Crippen molar-refractivity contribution in [3.63, 3.8) is 0 Å². The molecule has 0 spiro atoms. The molecule has 18 heavy (non-hydrogen) atoms. The number of nitrogens with one attached hydrogen (secondary N) is 1. The van der Waals surface area contributed by atoms with E-state index in [1.807, 2.05) is 0 Å². The summed E-state index contributed by atoms with van der Waals surface area (Å²) >= 11 is 3.33. The van der Waals surface area contributed by atoms with E-state index in [9.17, 15) is 10.1 Å². The molecule has 0 aliphatic heterocycles. The Morgan fingerprint density at radius 3 is 2.94 bits per heavy atom. The highest BCUT2D eigenvalue weighted by Gasteiger charge is 2.28. The van der Waals surface area contributed by atoms with Crippen molar-refractivity contribution in [1.82, 2.24) is 0 Å². The van der Waals surface area contributed by atoms with E-state index in [2.05, 4.69) is 21.2 Å². The Hall–Kier alpha value is -1.14. The van der Waals surface area contributed by atoms with Gasteiger partial charge in [-0.15, -0.1) is 0 Å². The molecule has 0 heterocycles. The van der Waals surface area contributed by atoms with Crippen LogP contribution < -0.4 is 5.32 Å². The molecule has 1 aromatic rings. The molecule has 1 saturated carbocycles. The van der Waals surface area contributed by atoms with Crippen LogP contribution in [-0.4, -0.2) is 24.2 Å². The molecular weight excluding hydrogens is 300 g/mol. The van der Waals surface area contributed by atoms with E-state index < -0.39 is 0 Å². The fraction of sp³-hybridized carbons (Fsp3) is 0.500. The highest BCUT2D eigenvalue weighted by Crippen LogP contribution is 2.32. The molecule has 1 N–H and O–H groups in total. The summed E-state index contributed by atoms with van der Waals surface area (Å²) in [7, 11) is 1.68. The van der Waals surface area contributed by atoms with Crippen molar-refractivity contribution < 1.29 is 9.66 Å². The zero-order valence-corrected chi connectivity index (χ0v) is 11.6. The maximum absolute atomic E-state index is 11.0. The molecular formula is C12H15BrN2O3. The Morgan fingerprint density at radius 2 is 2.28 bits per heavy atom. The number of benzene rings is 1. The molecule has 0 amide bonds. The molecule has 0 saturated heterocycles. The summed E-state index contributed by atoms with van der Waals surface area (Å²) in [5.74, 6) is 0. The molecule has 0 bridgehead atoms. The SMILES string of the molecule is COC1CCCC1Nc1cc(Br)ccc1[N+](=O)[O-]. The third-order valence-electron chi connectivity index (χ3n) is 3.25. The number of nitro benzene ring substituents is 1. The van der Waals surface area contributed by atoms with Gasteiger partial charge in [-0.3, -0.25) is 10.1 Å². The number of anilines is 1. The highest BCUT2D eigenvalue weighted by atomic mass is 79.9. The molecule has 1 aliphatic carbocycles. The van der Waals surface area contributed by atoms with Crippen molar-refractivity contribution in [2.24, 2.45) is 0 Å². The fourth-order valence-corrected chi connectivity index (χ4v) is 2.72. The first kappa shape index (κ1) is 13.3. The van der Waals surface area contributed by atoms with Gasteiger partial charge in [-0.2, -0.15) is 0 Å². The zero-order chi connectivity index (χ0) is 13.1. The zero-order valence-electron chi connectivity index (χ0n) is 10.1. The predicted octanol–water partition coefficient (Wildman–Crippen LogP) is 3.34. The average molecular weight is 315 g/mol. The smallest absolute Gasteiger partial charge is 0.292 e. The van der Waals surface area contributed by atoms with Gasteiger partial charge < -0.3 is 10.1 Å². The van der Waals surface area contributed by atoms with E-state index in [1.165, 1.54) is 6.07 Å². The van der Waals surface area contributed by atoms with Gasteiger partial charge in [0.25, 0.3) is 5.69 Å². The van der Waals surface area contributed by atoms with Crippen LogP contribution in [0.5, 0.6) is 0 Å². The van der Waals surface area contributed by atoms with Crippen LogP contribution in [0.15, 0.2) is 22.7 Å². The van der Waals surface area contributed by atoms with Crippen molar-refractivity contribution in [2.75, 3.05) is 12.4 Å². The van der Waals surface area contributed by atoms with Gasteiger partial charge >= 0.3 is 0 Å². The van der Waals surface area contributed by atoms with E-state index in [0.29, 0.717) is 5.69 Å². The number of ether oxygens (including phenoxy) is 1. The monoisotopic (exact) mass is 314 g/mol. The quantitative estimate of drug-likeness (QED) is 0.684. The molecule has 1 fully saturated rings. The van der Waals surface area contributed by atoms with E-state index >= 15 is 0 Å². The molecule has 1 aliphatic rings. The van der Waals surface area contributed by atoms with Crippen molar-refractivity contribution in [3.8, 4) is 0 Å². The summed E-state index contributed by atoms with van der Waals surface area (Å²) in [5.41, 5.74) is 0.642. The Morgan fingerprint density at radius 1 is 1.50 bits per heavy atom. The molecule has 98 valence electrons. The Labute approximate surface area is 114 Å². The number of rotatable bonds is 4. The summed E-state index contributed by atoms with van der Waals surface area (Å²) < 4.78 is 6.20. The number of halogens is 1. The number of hydrogen-bond donors (Lipinski definition) is 1. The van der Waals surface area contributed by atoms with Crippen LogP contribution in [0, 0.1) is 10.1 Å². The average Bonchev–Trinajstić information content (AvgIpc) is 2.76. The first-order valence-corrected chi connectivity index (χ1v) is 6.64.